The van der Waals surface area contributed by atoms with E-state index in [2.05, 4.69) is 15.2 Å². The van der Waals surface area contributed by atoms with Gasteiger partial charge in [-0.2, -0.15) is 5.10 Å². The van der Waals surface area contributed by atoms with Crippen LogP contribution in [0.15, 0.2) is 54.6 Å². The molecule has 4 rings (SSSR count). The van der Waals surface area contributed by atoms with E-state index < -0.39 is 17.8 Å². The van der Waals surface area contributed by atoms with Crippen LogP contribution in [0.25, 0.3) is 11.4 Å². The lowest BCUT2D eigenvalue weighted by atomic mass is 9.93. The molecule has 0 spiro atoms. The molecule has 2 heterocycles. The molecule has 1 aliphatic heterocycles. The minimum atomic E-state index is -1.03. The van der Waals surface area contributed by atoms with Crippen molar-refractivity contribution in [3.05, 3.63) is 71.8 Å². The van der Waals surface area contributed by atoms with Crippen LogP contribution in [-0.4, -0.2) is 44.2 Å². The van der Waals surface area contributed by atoms with Crippen molar-refractivity contribution in [2.24, 2.45) is 0 Å². The highest BCUT2D eigenvalue weighted by Crippen LogP contribution is 2.32. The standard InChI is InChI=1S/C21H21FN4O2/c22-17-9-5-4-8-16(17)18(21(27)28)26-12-10-15(11-13-26)20-23-19(24-25-20)14-6-2-1-3-7-14/h1-9,15,18H,10-13H2,(H,27,28)(H,23,24,25). The van der Waals surface area contributed by atoms with Gasteiger partial charge in [-0.1, -0.05) is 48.5 Å². The number of aromatic nitrogens is 3. The zero-order chi connectivity index (χ0) is 19.5. The zero-order valence-corrected chi connectivity index (χ0v) is 15.3. The predicted molar refractivity (Wildman–Crippen MR) is 102 cm³/mol. The Morgan fingerprint density at radius 2 is 1.79 bits per heavy atom. The van der Waals surface area contributed by atoms with E-state index in [0.29, 0.717) is 18.9 Å². The van der Waals surface area contributed by atoms with E-state index >= 15 is 0 Å². The molecule has 0 radical (unpaired) electrons. The Morgan fingerprint density at radius 1 is 1.11 bits per heavy atom. The Labute approximate surface area is 162 Å². The topological polar surface area (TPSA) is 82.1 Å². The quantitative estimate of drug-likeness (QED) is 0.707. The van der Waals surface area contributed by atoms with E-state index in [1.54, 1.807) is 18.2 Å². The summed E-state index contributed by atoms with van der Waals surface area (Å²) in [5.41, 5.74) is 1.16. The van der Waals surface area contributed by atoms with Gasteiger partial charge >= 0.3 is 5.97 Å². The summed E-state index contributed by atoms with van der Waals surface area (Å²) in [7, 11) is 0. The van der Waals surface area contributed by atoms with Gasteiger partial charge in [0.1, 0.15) is 17.7 Å². The predicted octanol–water partition coefficient (Wildman–Crippen LogP) is 3.62. The van der Waals surface area contributed by atoms with Gasteiger partial charge in [0.2, 0.25) is 0 Å². The van der Waals surface area contributed by atoms with Gasteiger partial charge in [-0.05, 0) is 32.0 Å². The third kappa shape index (κ3) is 3.66. The number of nitrogens with one attached hydrogen (secondary N) is 1. The summed E-state index contributed by atoms with van der Waals surface area (Å²) in [5, 5.41) is 17.0. The number of hydrogen-bond donors (Lipinski definition) is 2. The SMILES string of the molecule is O=C(O)C(c1ccccc1F)N1CCC(c2nc(-c3ccccc3)n[nH]2)CC1. The second-order valence-electron chi connectivity index (χ2n) is 6.98. The summed E-state index contributed by atoms with van der Waals surface area (Å²) in [6, 6.07) is 14.9. The first-order chi connectivity index (χ1) is 13.6. The molecule has 0 aliphatic carbocycles. The highest BCUT2D eigenvalue weighted by molar-refractivity contribution is 5.75. The molecule has 1 aromatic heterocycles. The maximum Gasteiger partial charge on any atom is 0.325 e. The Kier molecular flexibility index (Phi) is 5.16. The maximum atomic E-state index is 14.1. The van der Waals surface area contributed by atoms with Crippen LogP contribution in [0.4, 0.5) is 4.39 Å². The molecule has 0 saturated carbocycles. The van der Waals surface area contributed by atoms with Gasteiger partial charge in [-0.15, -0.1) is 0 Å². The molecule has 1 saturated heterocycles. The van der Waals surface area contributed by atoms with Crippen molar-refractivity contribution in [2.45, 2.75) is 24.8 Å². The monoisotopic (exact) mass is 380 g/mol. The molecule has 1 atom stereocenters. The molecular weight excluding hydrogens is 359 g/mol. The van der Waals surface area contributed by atoms with E-state index in [1.807, 2.05) is 35.2 Å². The van der Waals surface area contributed by atoms with Crippen molar-refractivity contribution >= 4 is 5.97 Å². The fraction of sp³-hybridized carbons (Fsp3) is 0.286. The number of rotatable bonds is 5. The third-order valence-corrected chi connectivity index (χ3v) is 5.25. The molecule has 1 fully saturated rings. The summed E-state index contributed by atoms with van der Waals surface area (Å²) in [4.78, 5) is 18.3. The number of carbonyl (C=O) groups is 1. The number of benzene rings is 2. The lowest BCUT2D eigenvalue weighted by molar-refractivity contribution is -0.144. The van der Waals surface area contributed by atoms with Crippen molar-refractivity contribution in [1.29, 1.82) is 0 Å². The number of halogens is 1. The first-order valence-electron chi connectivity index (χ1n) is 9.32. The summed E-state index contributed by atoms with van der Waals surface area (Å²) >= 11 is 0. The fourth-order valence-electron chi connectivity index (χ4n) is 3.79. The second-order valence-corrected chi connectivity index (χ2v) is 6.98. The van der Waals surface area contributed by atoms with Crippen LogP contribution in [0.5, 0.6) is 0 Å². The fourth-order valence-corrected chi connectivity index (χ4v) is 3.79. The molecule has 2 N–H and O–H groups in total. The van der Waals surface area contributed by atoms with Gasteiger partial charge in [0.05, 0.1) is 0 Å². The highest BCUT2D eigenvalue weighted by atomic mass is 19.1. The number of likely N-dealkylation sites (tertiary alicyclic amines) is 1. The molecule has 1 unspecified atom stereocenters. The van der Waals surface area contributed by atoms with E-state index in [-0.39, 0.29) is 11.5 Å². The van der Waals surface area contributed by atoms with Crippen molar-refractivity contribution < 1.29 is 14.3 Å². The Morgan fingerprint density at radius 3 is 2.46 bits per heavy atom. The number of nitrogens with zero attached hydrogens (tertiary/aromatic N) is 3. The molecule has 6 nitrogen and oxygen atoms in total. The van der Waals surface area contributed by atoms with Crippen LogP contribution in [0.2, 0.25) is 0 Å². The number of hydrogen-bond acceptors (Lipinski definition) is 4. The van der Waals surface area contributed by atoms with E-state index in [1.165, 1.54) is 6.07 Å². The maximum absolute atomic E-state index is 14.1. The molecule has 3 aromatic rings. The summed E-state index contributed by atoms with van der Waals surface area (Å²) < 4.78 is 14.1. The van der Waals surface area contributed by atoms with E-state index in [9.17, 15) is 14.3 Å². The Bertz CT molecular complexity index is 952. The van der Waals surface area contributed by atoms with Crippen molar-refractivity contribution in [3.63, 3.8) is 0 Å². The Balaban J connectivity index is 1.46. The number of H-pyrrole nitrogens is 1. The van der Waals surface area contributed by atoms with Crippen LogP contribution in [0.1, 0.15) is 36.2 Å². The summed E-state index contributed by atoms with van der Waals surface area (Å²) in [5.74, 6) is 0.134. The first kappa shape index (κ1) is 18.3. The highest BCUT2D eigenvalue weighted by Gasteiger charge is 2.33. The number of carboxylic acids is 1. The first-order valence-corrected chi connectivity index (χ1v) is 9.32. The average molecular weight is 380 g/mol. The number of carboxylic acid groups (broad SMARTS) is 1. The molecule has 0 bridgehead atoms. The molecule has 0 amide bonds. The van der Waals surface area contributed by atoms with Gasteiger partial charge in [-0.25, -0.2) is 9.37 Å². The smallest absolute Gasteiger partial charge is 0.325 e. The van der Waals surface area contributed by atoms with Gasteiger partial charge in [0, 0.05) is 17.0 Å². The second kappa shape index (κ2) is 7.90. The van der Waals surface area contributed by atoms with Crippen LogP contribution in [-0.2, 0) is 4.79 Å². The molecule has 1 aliphatic rings. The molecule has 144 valence electrons. The van der Waals surface area contributed by atoms with Crippen LogP contribution in [0.3, 0.4) is 0 Å². The number of aromatic amines is 1. The lowest BCUT2D eigenvalue weighted by Crippen LogP contribution is -2.40. The molecular formula is C21H21FN4O2. The molecule has 28 heavy (non-hydrogen) atoms. The van der Waals surface area contributed by atoms with Crippen LogP contribution in [0, 0.1) is 5.82 Å². The van der Waals surface area contributed by atoms with Crippen LogP contribution < -0.4 is 0 Å². The number of aliphatic carboxylic acids is 1. The zero-order valence-electron chi connectivity index (χ0n) is 15.3. The van der Waals surface area contributed by atoms with Crippen LogP contribution >= 0.6 is 0 Å². The summed E-state index contributed by atoms with van der Waals surface area (Å²) in [6.45, 7) is 1.11. The van der Waals surface area contributed by atoms with Gasteiger partial charge in [0.25, 0.3) is 0 Å². The minimum absolute atomic E-state index is 0.177. The molecule has 2 aromatic carbocycles. The van der Waals surface area contributed by atoms with Gasteiger partial charge in [-0.3, -0.25) is 14.8 Å². The third-order valence-electron chi connectivity index (χ3n) is 5.25. The van der Waals surface area contributed by atoms with E-state index in [4.69, 9.17) is 0 Å². The average Bonchev–Trinajstić information content (AvgIpc) is 3.21. The van der Waals surface area contributed by atoms with Crippen molar-refractivity contribution in [3.8, 4) is 11.4 Å². The van der Waals surface area contributed by atoms with Gasteiger partial charge in [0.15, 0.2) is 5.82 Å². The van der Waals surface area contributed by atoms with Gasteiger partial charge < -0.3 is 5.11 Å². The largest absolute Gasteiger partial charge is 0.480 e. The Hall–Kier alpha value is -3.06. The minimum Gasteiger partial charge on any atom is -0.480 e. The lowest BCUT2D eigenvalue weighted by Gasteiger charge is -2.35. The van der Waals surface area contributed by atoms with Crippen molar-refractivity contribution in [1.82, 2.24) is 20.1 Å². The number of piperidine rings is 1. The van der Waals surface area contributed by atoms with Crippen molar-refractivity contribution in [2.75, 3.05) is 13.1 Å². The normalized spacial score (nSPS) is 16.8. The van der Waals surface area contributed by atoms with E-state index in [0.717, 1.165) is 24.2 Å². The summed E-state index contributed by atoms with van der Waals surface area (Å²) in [6.07, 6.45) is 1.48. The molecule has 7 heteroatoms.